The molecule has 0 saturated heterocycles. The topological polar surface area (TPSA) is 60.0 Å². The normalized spacial score (nSPS) is 11.9. The Hall–Kier alpha value is -1.95. The van der Waals surface area contributed by atoms with Crippen LogP contribution in [0, 0.1) is 0 Å². The molecule has 0 aromatic heterocycles. The number of rotatable bonds is 7. The molecule has 1 aromatic carbocycles. The predicted molar refractivity (Wildman–Crippen MR) is 81.0 cm³/mol. The minimum Gasteiger partial charge on any atom is -0.493 e. The fourth-order valence-electron chi connectivity index (χ4n) is 2.02. The number of nitrogens with one attached hydrogen (secondary N) is 1. The summed E-state index contributed by atoms with van der Waals surface area (Å²) in [4.78, 5) is 13.4. The molecule has 0 heterocycles. The first-order valence-corrected chi connectivity index (χ1v) is 6.82. The van der Waals surface area contributed by atoms with Crippen LogP contribution in [0.2, 0.25) is 0 Å². The van der Waals surface area contributed by atoms with Crippen LogP contribution in [-0.4, -0.2) is 52.5 Å². The van der Waals surface area contributed by atoms with Gasteiger partial charge in [0.1, 0.15) is 0 Å². The van der Waals surface area contributed by atoms with Crippen molar-refractivity contribution in [3.63, 3.8) is 0 Å². The van der Waals surface area contributed by atoms with E-state index in [0.29, 0.717) is 24.7 Å². The monoisotopic (exact) mass is 296 g/mol. The molecule has 1 amide bonds. The summed E-state index contributed by atoms with van der Waals surface area (Å²) in [6.07, 6.45) is -0.412. The number of benzene rings is 1. The number of carbonyl (C=O) groups is 1. The van der Waals surface area contributed by atoms with Crippen LogP contribution >= 0.6 is 0 Å². The molecular formula is C15H24N2O4. The van der Waals surface area contributed by atoms with Gasteiger partial charge in [-0.2, -0.15) is 0 Å². The maximum absolute atomic E-state index is 11.4. The standard InChI is InChI=1S/C15H24N2O4/c1-6-21-15(18)16-10-12(17(2)3)11-7-8-13(19-4)14(9-11)20-5/h7-9,12H,6,10H2,1-5H3,(H,16,18). The SMILES string of the molecule is CCOC(=O)NCC(c1ccc(OC)c(OC)c1)N(C)C. The number of ether oxygens (including phenoxy) is 3. The van der Waals surface area contributed by atoms with Crippen molar-refractivity contribution >= 4 is 6.09 Å². The van der Waals surface area contributed by atoms with E-state index in [4.69, 9.17) is 14.2 Å². The molecule has 6 nitrogen and oxygen atoms in total. The zero-order chi connectivity index (χ0) is 15.8. The molecule has 1 unspecified atom stereocenters. The zero-order valence-electron chi connectivity index (χ0n) is 13.3. The summed E-state index contributed by atoms with van der Waals surface area (Å²) in [5, 5.41) is 2.75. The minimum absolute atomic E-state index is 0.00853. The molecule has 1 aromatic rings. The van der Waals surface area contributed by atoms with Gasteiger partial charge in [0.05, 0.1) is 26.9 Å². The van der Waals surface area contributed by atoms with Crippen molar-refractivity contribution in [3.8, 4) is 11.5 Å². The van der Waals surface area contributed by atoms with E-state index in [1.807, 2.05) is 37.2 Å². The van der Waals surface area contributed by atoms with Crippen molar-refractivity contribution in [1.29, 1.82) is 0 Å². The van der Waals surface area contributed by atoms with E-state index >= 15 is 0 Å². The highest BCUT2D eigenvalue weighted by atomic mass is 16.5. The highest BCUT2D eigenvalue weighted by Gasteiger charge is 2.17. The first-order chi connectivity index (χ1) is 10.0. The van der Waals surface area contributed by atoms with E-state index in [1.54, 1.807) is 21.1 Å². The van der Waals surface area contributed by atoms with Gasteiger partial charge >= 0.3 is 6.09 Å². The van der Waals surface area contributed by atoms with E-state index in [2.05, 4.69) is 5.32 Å². The first-order valence-electron chi connectivity index (χ1n) is 6.82. The van der Waals surface area contributed by atoms with Crippen LogP contribution in [0.5, 0.6) is 11.5 Å². The van der Waals surface area contributed by atoms with Gasteiger partial charge < -0.3 is 24.4 Å². The smallest absolute Gasteiger partial charge is 0.407 e. The van der Waals surface area contributed by atoms with E-state index in [9.17, 15) is 4.79 Å². The Labute approximate surface area is 126 Å². The number of hydrogen-bond donors (Lipinski definition) is 1. The maximum Gasteiger partial charge on any atom is 0.407 e. The second-order valence-electron chi connectivity index (χ2n) is 4.70. The second kappa shape index (κ2) is 8.36. The zero-order valence-corrected chi connectivity index (χ0v) is 13.3. The molecule has 1 atom stereocenters. The first kappa shape index (κ1) is 17.1. The molecule has 0 aliphatic rings. The molecule has 0 radical (unpaired) electrons. The van der Waals surface area contributed by atoms with Crippen LogP contribution in [0.1, 0.15) is 18.5 Å². The summed E-state index contributed by atoms with van der Waals surface area (Å²) in [6, 6.07) is 5.73. The van der Waals surface area contributed by atoms with Gasteiger partial charge in [-0.1, -0.05) is 6.07 Å². The number of likely N-dealkylation sites (N-methyl/N-ethyl adjacent to an activating group) is 1. The summed E-state index contributed by atoms with van der Waals surface area (Å²) in [6.45, 7) is 2.58. The van der Waals surface area contributed by atoms with Crippen LogP contribution in [0.25, 0.3) is 0 Å². The third-order valence-corrected chi connectivity index (χ3v) is 3.13. The molecule has 6 heteroatoms. The van der Waals surface area contributed by atoms with Gasteiger partial charge in [0, 0.05) is 6.54 Å². The number of alkyl carbamates (subject to hydrolysis) is 1. The number of methoxy groups -OCH3 is 2. The molecule has 1 N–H and O–H groups in total. The fraction of sp³-hybridized carbons (Fsp3) is 0.533. The number of nitrogens with zero attached hydrogens (tertiary/aromatic N) is 1. The van der Waals surface area contributed by atoms with Gasteiger partial charge in [-0.3, -0.25) is 0 Å². The Morgan fingerprint density at radius 3 is 2.43 bits per heavy atom. The lowest BCUT2D eigenvalue weighted by atomic mass is 10.1. The Kier molecular flexibility index (Phi) is 6.81. The minimum atomic E-state index is -0.412. The molecular weight excluding hydrogens is 272 g/mol. The molecule has 0 spiro atoms. The molecule has 0 saturated carbocycles. The van der Waals surface area contributed by atoms with Gasteiger partial charge in [-0.05, 0) is 38.7 Å². The quantitative estimate of drug-likeness (QED) is 0.834. The second-order valence-corrected chi connectivity index (χ2v) is 4.70. The van der Waals surface area contributed by atoms with E-state index < -0.39 is 6.09 Å². The molecule has 1 rings (SSSR count). The summed E-state index contributed by atoms with van der Waals surface area (Å²) < 4.78 is 15.4. The molecule has 0 aliphatic heterocycles. The molecule has 0 bridgehead atoms. The Balaban J connectivity index is 2.87. The fourth-order valence-corrected chi connectivity index (χ4v) is 2.02. The van der Waals surface area contributed by atoms with Crippen molar-refractivity contribution in [2.75, 3.05) is 41.5 Å². The molecule has 0 aliphatic carbocycles. The van der Waals surface area contributed by atoms with Crippen LogP contribution in [-0.2, 0) is 4.74 Å². The van der Waals surface area contributed by atoms with Crippen molar-refractivity contribution in [2.24, 2.45) is 0 Å². The molecule has 118 valence electrons. The predicted octanol–water partition coefficient (Wildman–Crippen LogP) is 2.05. The lowest BCUT2D eigenvalue weighted by molar-refractivity contribution is 0.148. The average Bonchev–Trinajstić information content (AvgIpc) is 2.47. The van der Waals surface area contributed by atoms with Crippen molar-refractivity contribution < 1.29 is 19.0 Å². The van der Waals surface area contributed by atoms with Crippen LogP contribution < -0.4 is 14.8 Å². The van der Waals surface area contributed by atoms with Gasteiger partial charge in [0.25, 0.3) is 0 Å². The van der Waals surface area contributed by atoms with Crippen LogP contribution in [0.4, 0.5) is 4.79 Å². The largest absolute Gasteiger partial charge is 0.493 e. The Morgan fingerprint density at radius 1 is 1.24 bits per heavy atom. The van der Waals surface area contributed by atoms with E-state index in [-0.39, 0.29) is 6.04 Å². The Bertz CT molecular complexity index is 463. The van der Waals surface area contributed by atoms with Gasteiger partial charge in [-0.15, -0.1) is 0 Å². The molecule has 0 fully saturated rings. The number of amides is 1. The highest BCUT2D eigenvalue weighted by molar-refractivity contribution is 5.67. The summed E-state index contributed by atoms with van der Waals surface area (Å²) in [5.41, 5.74) is 1.02. The van der Waals surface area contributed by atoms with E-state index in [0.717, 1.165) is 5.56 Å². The Morgan fingerprint density at radius 2 is 1.90 bits per heavy atom. The lowest BCUT2D eigenvalue weighted by Gasteiger charge is -2.25. The van der Waals surface area contributed by atoms with Crippen molar-refractivity contribution in [2.45, 2.75) is 13.0 Å². The van der Waals surface area contributed by atoms with Crippen molar-refractivity contribution in [3.05, 3.63) is 23.8 Å². The maximum atomic E-state index is 11.4. The summed E-state index contributed by atoms with van der Waals surface area (Å²) in [7, 11) is 7.11. The summed E-state index contributed by atoms with van der Waals surface area (Å²) >= 11 is 0. The van der Waals surface area contributed by atoms with Crippen LogP contribution in [0.15, 0.2) is 18.2 Å². The molecule has 21 heavy (non-hydrogen) atoms. The number of hydrogen-bond acceptors (Lipinski definition) is 5. The number of carbonyl (C=O) groups excluding carboxylic acids is 1. The van der Waals surface area contributed by atoms with Gasteiger partial charge in [-0.25, -0.2) is 4.79 Å². The summed E-state index contributed by atoms with van der Waals surface area (Å²) in [5.74, 6) is 1.34. The van der Waals surface area contributed by atoms with Crippen LogP contribution in [0.3, 0.4) is 0 Å². The third kappa shape index (κ3) is 4.82. The van der Waals surface area contributed by atoms with Crippen molar-refractivity contribution in [1.82, 2.24) is 10.2 Å². The van der Waals surface area contributed by atoms with E-state index in [1.165, 1.54) is 0 Å². The third-order valence-electron chi connectivity index (χ3n) is 3.13. The highest BCUT2D eigenvalue weighted by Crippen LogP contribution is 2.31. The lowest BCUT2D eigenvalue weighted by Crippen LogP contribution is -2.34. The van der Waals surface area contributed by atoms with Gasteiger partial charge in [0.2, 0.25) is 0 Å². The van der Waals surface area contributed by atoms with Gasteiger partial charge in [0.15, 0.2) is 11.5 Å². The average molecular weight is 296 g/mol.